The molecule has 9 heteroatoms. The number of rotatable bonds is 6. The molecule has 4 N–H and O–H groups in total. The van der Waals surface area contributed by atoms with Crippen molar-refractivity contribution in [2.75, 3.05) is 39.3 Å². The number of halogens is 2. The number of hydrogen-bond donors (Lipinski definition) is 3. The summed E-state index contributed by atoms with van der Waals surface area (Å²) in [6, 6.07) is 6.28. The van der Waals surface area contributed by atoms with E-state index in [0.717, 1.165) is 44.6 Å². The van der Waals surface area contributed by atoms with Gasteiger partial charge in [-0.1, -0.05) is 6.07 Å². The number of nitrogens with two attached hydrogens (primary N) is 1. The molecule has 164 valence electrons. The summed E-state index contributed by atoms with van der Waals surface area (Å²) >= 11 is 0. The molecule has 1 fully saturated rings. The van der Waals surface area contributed by atoms with Crippen molar-refractivity contribution in [3.8, 4) is 5.75 Å². The van der Waals surface area contributed by atoms with E-state index in [0.29, 0.717) is 32.2 Å². The lowest BCUT2D eigenvalue weighted by Gasteiger charge is -2.31. The third kappa shape index (κ3) is 7.24. The van der Waals surface area contributed by atoms with Crippen LogP contribution in [0.3, 0.4) is 0 Å². The van der Waals surface area contributed by atoms with Crippen LogP contribution in [0.15, 0.2) is 18.2 Å². The van der Waals surface area contributed by atoms with Gasteiger partial charge >= 0.3 is 0 Å². The Morgan fingerprint density at radius 3 is 2.62 bits per heavy atom. The van der Waals surface area contributed by atoms with E-state index in [1.54, 1.807) is 0 Å². The van der Waals surface area contributed by atoms with Crippen molar-refractivity contribution >= 4 is 36.7 Å². The lowest BCUT2D eigenvalue weighted by Crippen LogP contribution is -2.42. The number of likely N-dealkylation sites (N-methyl/N-ethyl adjacent to an activating group) is 1. The number of nitrogens with one attached hydrogen (secondary N) is 2. The predicted molar refractivity (Wildman–Crippen MR) is 120 cm³/mol. The molecule has 29 heavy (non-hydrogen) atoms. The molecule has 2 heterocycles. The molecule has 0 unspecified atom stereocenters. The highest BCUT2D eigenvalue weighted by atomic mass is 35.5. The highest BCUT2D eigenvalue weighted by Crippen LogP contribution is 2.25. The van der Waals surface area contributed by atoms with Gasteiger partial charge in [0.15, 0.2) is 5.96 Å². The minimum Gasteiger partial charge on any atom is -0.493 e. The van der Waals surface area contributed by atoms with Gasteiger partial charge in [-0.15, -0.1) is 24.8 Å². The molecule has 0 aromatic heterocycles. The first-order valence-corrected chi connectivity index (χ1v) is 9.87. The molecule has 0 atom stereocenters. The summed E-state index contributed by atoms with van der Waals surface area (Å²) < 4.78 is 6.06. The second kappa shape index (κ2) is 12.1. The van der Waals surface area contributed by atoms with E-state index in [1.165, 1.54) is 11.1 Å². The van der Waals surface area contributed by atoms with Crippen LogP contribution in [0, 0.1) is 11.3 Å². The van der Waals surface area contributed by atoms with Crippen LogP contribution >= 0.6 is 24.8 Å². The van der Waals surface area contributed by atoms with E-state index in [-0.39, 0.29) is 36.7 Å². The minimum absolute atomic E-state index is 0. The molecule has 1 aromatic rings. The van der Waals surface area contributed by atoms with Crippen LogP contribution in [0.1, 0.15) is 30.9 Å². The van der Waals surface area contributed by atoms with E-state index in [2.05, 4.69) is 22.3 Å². The summed E-state index contributed by atoms with van der Waals surface area (Å²) in [5.74, 6) is 1.66. The summed E-state index contributed by atoms with van der Waals surface area (Å²) in [4.78, 5) is 15.8. The van der Waals surface area contributed by atoms with Gasteiger partial charge in [-0.2, -0.15) is 0 Å². The Bertz CT molecular complexity index is 681. The largest absolute Gasteiger partial charge is 0.493 e. The van der Waals surface area contributed by atoms with Crippen LogP contribution < -0.4 is 15.8 Å². The molecule has 0 saturated carbocycles. The summed E-state index contributed by atoms with van der Waals surface area (Å²) in [6.45, 7) is 7.22. The zero-order valence-electron chi connectivity index (χ0n) is 17.0. The fourth-order valence-electron chi connectivity index (χ4n) is 3.81. The van der Waals surface area contributed by atoms with Gasteiger partial charge in [0, 0.05) is 19.6 Å². The maximum Gasteiger partial charge on any atom is 0.234 e. The standard InChI is InChI=1S/C20H31N5O2.2ClH/c1-2-23-19(26)13-24-8-5-15(6-9-24)14-27-18-4-3-16-7-10-25(20(21)22)12-17(16)11-18;;/h3-4,11,15H,2,5-10,12-14H2,1H3,(H3,21,22)(H,23,26);2*1H. The highest BCUT2D eigenvalue weighted by molar-refractivity contribution is 5.85. The van der Waals surface area contributed by atoms with Crippen molar-refractivity contribution < 1.29 is 9.53 Å². The van der Waals surface area contributed by atoms with E-state index in [4.69, 9.17) is 15.9 Å². The molecular formula is C20H33Cl2N5O2. The van der Waals surface area contributed by atoms with Crippen LogP contribution in [-0.2, 0) is 17.8 Å². The van der Waals surface area contributed by atoms with Gasteiger partial charge < -0.3 is 20.7 Å². The van der Waals surface area contributed by atoms with Gasteiger partial charge in [0.1, 0.15) is 5.75 Å². The van der Waals surface area contributed by atoms with Crippen molar-refractivity contribution in [3.05, 3.63) is 29.3 Å². The van der Waals surface area contributed by atoms with E-state index < -0.39 is 0 Å². The number of likely N-dealkylation sites (tertiary alicyclic amines) is 1. The second-order valence-electron chi connectivity index (χ2n) is 7.47. The number of piperidine rings is 1. The number of guanidine groups is 1. The van der Waals surface area contributed by atoms with Crippen molar-refractivity contribution in [2.24, 2.45) is 11.7 Å². The van der Waals surface area contributed by atoms with Crippen LogP contribution in [0.5, 0.6) is 5.75 Å². The topological polar surface area (TPSA) is 94.7 Å². The number of ether oxygens (including phenoxy) is 1. The Hall–Kier alpha value is -1.70. The van der Waals surface area contributed by atoms with E-state index in [1.807, 2.05) is 17.9 Å². The zero-order chi connectivity index (χ0) is 19.2. The average Bonchev–Trinajstić information content (AvgIpc) is 2.67. The lowest BCUT2D eigenvalue weighted by atomic mass is 9.97. The van der Waals surface area contributed by atoms with Crippen LogP contribution in [0.25, 0.3) is 0 Å². The summed E-state index contributed by atoms with van der Waals surface area (Å²) in [5.41, 5.74) is 8.14. The molecule has 1 aromatic carbocycles. The smallest absolute Gasteiger partial charge is 0.234 e. The van der Waals surface area contributed by atoms with Crippen molar-refractivity contribution in [1.29, 1.82) is 5.41 Å². The third-order valence-corrected chi connectivity index (χ3v) is 5.46. The molecule has 0 radical (unpaired) electrons. The first-order valence-electron chi connectivity index (χ1n) is 9.87. The molecule has 0 bridgehead atoms. The Morgan fingerprint density at radius 2 is 1.97 bits per heavy atom. The number of carbonyl (C=O) groups is 1. The predicted octanol–water partition coefficient (Wildman–Crippen LogP) is 2.01. The van der Waals surface area contributed by atoms with Crippen molar-refractivity contribution in [2.45, 2.75) is 32.7 Å². The molecule has 0 spiro atoms. The van der Waals surface area contributed by atoms with Crippen LogP contribution in [0.2, 0.25) is 0 Å². The second-order valence-corrected chi connectivity index (χ2v) is 7.47. The zero-order valence-corrected chi connectivity index (χ0v) is 18.6. The van der Waals surface area contributed by atoms with Gasteiger partial charge in [0.25, 0.3) is 0 Å². The minimum atomic E-state index is 0. The van der Waals surface area contributed by atoms with Gasteiger partial charge in [-0.25, -0.2) is 0 Å². The van der Waals surface area contributed by atoms with E-state index >= 15 is 0 Å². The average molecular weight is 446 g/mol. The monoisotopic (exact) mass is 445 g/mol. The summed E-state index contributed by atoms with van der Waals surface area (Å²) in [6.07, 6.45) is 3.03. The van der Waals surface area contributed by atoms with Crippen molar-refractivity contribution in [1.82, 2.24) is 15.1 Å². The molecule has 0 aliphatic carbocycles. The quantitative estimate of drug-likeness (QED) is 0.459. The fraction of sp³-hybridized carbons (Fsp3) is 0.600. The first-order chi connectivity index (χ1) is 13.0. The third-order valence-electron chi connectivity index (χ3n) is 5.46. The fourth-order valence-corrected chi connectivity index (χ4v) is 3.81. The molecule has 3 rings (SSSR count). The summed E-state index contributed by atoms with van der Waals surface area (Å²) in [5, 5.41) is 10.5. The Labute approximate surface area is 185 Å². The maximum absolute atomic E-state index is 11.7. The highest BCUT2D eigenvalue weighted by Gasteiger charge is 2.22. The van der Waals surface area contributed by atoms with Gasteiger partial charge in [-0.3, -0.25) is 15.1 Å². The Balaban J connectivity index is 0.00000210. The number of benzene rings is 1. The number of amides is 1. The normalized spacial score (nSPS) is 16.8. The van der Waals surface area contributed by atoms with Crippen LogP contribution in [-0.4, -0.2) is 61.0 Å². The van der Waals surface area contributed by atoms with Gasteiger partial charge in [-0.05, 0) is 68.5 Å². The SMILES string of the molecule is CCNC(=O)CN1CCC(COc2ccc3c(c2)CN(C(=N)N)CC3)CC1.Cl.Cl. The summed E-state index contributed by atoms with van der Waals surface area (Å²) in [7, 11) is 0. The first kappa shape index (κ1) is 25.3. The molecule has 1 amide bonds. The molecular weight excluding hydrogens is 413 g/mol. The molecule has 2 aliphatic heterocycles. The molecule has 2 aliphatic rings. The van der Waals surface area contributed by atoms with E-state index in [9.17, 15) is 4.79 Å². The maximum atomic E-state index is 11.7. The molecule has 1 saturated heterocycles. The Kier molecular flexibility index (Phi) is 10.6. The number of nitrogens with zero attached hydrogens (tertiary/aromatic N) is 2. The number of hydrogen-bond acceptors (Lipinski definition) is 4. The molecule has 7 nitrogen and oxygen atoms in total. The van der Waals surface area contributed by atoms with Crippen molar-refractivity contribution in [3.63, 3.8) is 0 Å². The van der Waals surface area contributed by atoms with Gasteiger partial charge in [0.2, 0.25) is 5.91 Å². The number of fused-ring (bicyclic) bond motifs is 1. The Morgan fingerprint density at radius 1 is 1.24 bits per heavy atom. The van der Waals surface area contributed by atoms with Gasteiger partial charge in [0.05, 0.1) is 13.2 Å². The lowest BCUT2D eigenvalue weighted by molar-refractivity contribution is -0.122. The van der Waals surface area contributed by atoms with Crippen LogP contribution in [0.4, 0.5) is 0 Å². The number of carbonyl (C=O) groups excluding carboxylic acids is 1.